The van der Waals surface area contributed by atoms with Crippen molar-refractivity contribution in [2.24, 2.45) is 11.8 Å². The molecule has 1 N–H and O–H groups in total. The molecule has 124 valence electrons. The molecule has 0 spiro atoms. The van der Waals surface area contributed by atoms with Crippen LogP contribution in [0.2, 0.25) is 10.0 Å². The number of hydrogen-bond donors (Lipinski definition) is 1. The third-order valence-electron chi connectivity index (χ3n) is 4.85. The number of rotatable bonds is 4. The van der Waals surface area contributed by atoms with Crippen LogP contribution < -0.4 is 4.90 Å². The van der Waals surface area contributed by atoms with Crippen LogP contribution in [0.4, 0.5) is 0 Å². The maximum absolute atomic E-state index is 12.5. The van der Waals surface area contributed by atoms with Gasteiger partial charge in [0.25, 0.3) is 0 Å². The van der Waals surface area contributed by atoms with Gasteiger partial charge in [-0.2, -0.15) is 0 Å². The maximum atomic E-state index is 12.5. The lowest BCUT2D eigenvalue weighted by molar-refractivity contribution is -0.901. The van der Waals surface area contributed by atoms with Gasteiger partial charge in [0.2, 0.25) is 11.8 Å². The predicted molar refractivity (Wildman–Crippen MR) is 89.2 cm³/mol. The number of carbonyl (C=O) groups is 2. The molecular formula is C17H21Cl2N2O2+. The monoisotopic (exact) mass is 355 g/mol. The summed E-state index contributed by atoms with van der Waals surface area (Å²) in [5.74, 6) is -0.107. The first-order valence-corrected chi connectivity index (χ1v) is 8.83. The Morgan fingerprint density at radius 3 is 2.26 bits per heavy atom. The van der Waals surface area contributed by atoms with Gasteiger partial charge in [0.15, 0.2) is 6.67 Å². The van der Waals surface area contributed by atoms with Crippen molar-refractivity contribution in [3.63, 3.8) is 0 Å². The lowest BCUT2D eigenvalue weighted by atomic mass is 9.81. The minimum Gasteiger partial charge on any atom is -0.316 e. The summed E-state index contributed by atoms with van der Waals surface area (Å²) in [7, 11) is 1.98. The minimum absolute atomic E-state index is 0.0215. The lowest BCUT2D eigenvalue weighted by Crippen LogP contribution is -3.09. The number of hydrogen-bond acceptors (Lipinski definition) is 2. The molecule has 2 aliphatic rings. The summed E-state index contributed by atoms with van der Waals surface area (Å²) in [6, 6.07) is 5.53. The Labute approximate surface area is 146 Å². The van der Waals surface area contributed by atoms with Crippen molar-refractivity contribution >= 4 is 35.0 Å². The van der Waals surface area contributed by atoms with Gasteiger partial charge in [0.1, 0.15) is 6.54 Å². The maximum Gasteiger partial charge on any atom is 0.237 e. The van der Waals surface area contributed by atoms with Crippen LogP contribution in [-0.2, 0) is 16.1 Å². The van der Waals surface area contributed by atoms with Crippen molar-refractivity contribution in [2.45, 2.75) is 32.2 Å². The quantitative estimate of drug-likeness (QED) is 0.840. The van der Waals surface area contributed by atoms with Crippen molar-refractivity contribution in [1.29, 1.82) is 0 Å². The summed E-state index contributed by atoms with van der Waals surface area (Å²) in [6.07, 6.45) is 3.83. The molecule has 1 saturated carbocycles. The van der Waals surface area contributed by atoms with Gasteiger partial charge in [-0.25, -0.2) is 4.90 Å². The number of quaternary nitrogens is 1. The average Bonchev–Trinajstić information content (AvgIpc) is 2.76. The van der Waals surface area contributed by atoms with E-state index in [0.29, 0.717) is 23.3 Å². The first-order valence-electron chi connectivity index (χ1n) is 8.08. The van der Waals surface area contributed by atoms with E-state index < -0.39 is 0 Å². The van der Waals surface area contributed by atoms with Crippen LogP contribution in [-0.4, -0.2) is 30.4 Å². The van der Waals surface area contributed by atoms with Crippen molar-refractivity contribution < 1.29 is 14.5 Å². The third-order valence-corrected chi connectivity index (χ3v) is 5.59. The van der Waals surface area contributed by atoms with Gasteiger partial charge < -0.3 is 4.90 Å². The Bertz CT molecular complexity index is 611. The molecule has 1 unspecified atom stereocenters. The van der Waals surface area contributed by atoms with E-state index in [-0.39, 0.29) is 23.7 Å². The summed E-state index contributed by atoms with van der Waals surface area (Å²) >= 11 is 12.0. The molecule has 1 aromatic rings. The summed E-state index contributed by atoms with van der Waals surface area (Å²) < 4.78 is 0. The summed E-state index contributed by atoms with van der Waals surface area (Å²) in [6.45, 7) is 1.09. The molecule has 1 aromatic carbocycles. The van der Waals surface area contributed by atoms with Crippen LogP contribution in [0.25, 0.3) is 0 Å². The number of fused-ring (bicyclic) bond motifs is 1. The molecule has 3 rings (SSSR count). The SMILES string of the molecule is C[NH+](Cc1ccc(Cl)c(Cl)c1)CN1C(=O)[C@H]2CCCC[C@@H]2C1=O. The van der Waals surface area contributed by atoms with Gasteiger partial charge >= 0.3 is 0 Å². The van der Waals surface area contributed by atoms with Crippen molar-refractivity contribution in [3.8, 4) is 0 Å². The van der Waals surface area contributed by atoms with E-state index in [1.807, 2.05) is 19.2 Å². The Hall–Kier alpha value is -1.10. The van der Waals surface area contributed by atoms with E-state index in [1.165, 1.54) is 4.90 Å². The van der Waals surface area contributed by atoms with Crippen molar-refractivity contribution in [2.75, 3.05) is 13.7 Å². The minimum atomic E-state index is -0.0750. The Morgan fingerprint density at radius 2 is 1.70 bits per heavy atom. The summed E-state index contributed by atoms with van der Waals surface area (Å²) in [4.78, 5) is 27.5. The number of nitrogens with zero attached hydrogens (tertiary/aromatic N) is 1. The van der Waals surface area contributed by atoms with Crippen LogP contribution in [0.3, 0.4) is 0 Å². The average molecular weight is 356 g/mol. The lowest BCUT2D eigenvalue weighted by Gasteiger charge is -2.20. The normalized spacial score (nSPS) is 25.6. The molecule has 2 amide bonds. The zero-order chi connectivity index (χ0) is 16.6. The zero-order valence-electron chi connectivity index (χ0n) is 13.1. The molecule has 3 atom stereocenters. The molecule has 1 aliphatic heterocycles. The first-order chi connectivity index (χ1) is 11.0. The number of halogens is 2. The van der Waals surface area contributed by atoms with E-state index in [1.54, 1.807) is 6.07 Å². The van der Waals surface area contributed by atoms with E-state index in [0.717, 1.165) is 36.1 Å². The number of carbonyl (C=O) groups excluding carboxylic acids is 2. The van der Waals surface area contributed by atoms with Gasteiger partial charge in [-0.3, -0.25) is 9.59 Å². The molecule has 0 aromatic heterocycles. The predicted octanol–water partition coefficient (Wildman–Crippen LogP) is 2.14. The van der Waals surface area contributed by atoms with E-state index in [9.17, 15) is 9.59 Å². The summed E-state index contributed by atoms with van der Waals surface area (Å²) in [5, 5.41) is 1.05. The van der Waals surface area contributed by atoms with Crippen LogP contribution >= 0.6 is 23.2 Å². The Morgan fingerprint density at radius 1 is 1.09 bits per heavy atom. The molecule has 23 heavy (non-hydrogen) atoms. The third kappa shape index (κ3) is 3.39. The van der Waals surface area contributed by atoms with Gasteiger partial charge in [-0.05, 0) is 25.0 Å². The number of amides is 2. The fourth-order valence-corrected chi connectivity index (χ4v) is 4.03. The zero-order valence-corrected chi connectivity index (χ0v) is 14.7. The molecule has 0 bridgehead atoms. The van der Waals surface area contributed by atoms with Gasteiger partial charge in [0, 0.05) is 5.56 Å². The molecule has 6 heteroatoms. The highest BCUT2D eigenvalue weighted by molar-refractivity contribution is 6.42. The Balaban J connectivity index is 1.65. The first kappa shape index (κ1) is 16.7. The second-order valence-electron chi connectivity index (χ2n) is 6.64. The highest BCUT2D eigenvalue weighted by atomic mass is 35.5. The number of nitrogens with one attached hydrogen (secondary N) is 1. The number of benzene rings is 1. The van der Waals surface area contributed by atoms with Crippen LogP contribution in [0.15, 0.2) is 18.2 Å². The molecular weight excluding hydrogens is 335 g/mol. The molecule has 1 saturated heterocycles. The highest BCUT2D eigenvalue weighted by Gasteiger charge is 2.48. The van der Waals surface area contributed by atoms with Crippen LogP contribution in [0.1, 0.15) is 31.2 Å². The van der Waals surface area contributed by atoms with E-state index in [2.05, 4.69) is 0 Å². The second-order valence-corrected chi connectivity index (χ2v) is 7.46. The smallest absolute Gasteiger partial charge is 0.237 e. The van der Waals surface area contributed by atoms with E-state index >= 15 is 0 Å². The Kier molecular flexibility index (Phi) is 4.95. The van der Waals surface area contributed by atoms with Gasteiger partial charge in [-0.15, -0.1) is 0 Å². The van der Waals surface area contributed by atoms with E-state index in [4.69, 9.17) is 23.2 Å². The fraction of sp³-hybridized carbons (Fsp3) is 0.529. The topological polar surface area (TPSA) is 41.8 Å². The molecule has 2 fully saturated rings. The number of imide groups is 1. The van der Waals surface area contributed by atoms with Crippen LogP contribution in [0.5, 0.6) is 0 Å². The molecule has 1 aliphatic carbocycles. The van der Waals surface area contributed by atoms with Gasteiger partial charge in [0.05, 0.1) is 28.9 Å². The summed E-state index contributed by atoms with van der Waals surface area (Å²) in [5.41, 5.74) is 1.04. The standard InChI is InChI=1S/C17H20Cl2N2O2/c1-20(9-11-6-7-14(18)15(19)8-11)10-21-16(22)12-4-2-3-5-13(12)17(21)23/h6-8,12-13H,2-5,9-10H2,1H3/p+1/t12-,13-/m0/s1. The number of likely N-dealkylation sites (tertiary alicyclic amines) is 1. The highest BCUT2D eigenvalue weighted by Crippen LogP contribution is 2.37. The molecule has 4 nitrogen and oxygen atoms in total. The van der Waals surface area contributed by atoms with Crippen molar-refractivity contribution in [1.82, 2.24) is 4.90 Å². The second kappa shape index (κ2) is 6.80. The van der Waals surface area contributed by atoms with Gasteiger partial charge in [-0.1, -0.05) is 42.1 Å². The van der Waals surface area contributed by atoms with Crippen molar-refractivity contribution in [3.05, 3.63) is 33.8 Å². The molecule has 0 radical (unpaired) electrons. The largest absolute Gasteiger partial charge is 0.316 e. The molecule has 1 heterocycles. The van der Waals surface area contributed by atoms with Crippen LogP contribution in [0, 0.1) is 11.8 Å². The fourth-order valence-electron chi connectivity index (χ4n) is 3.71.